The molecule has 0 bridgehead atoms. The van der Waals surface area contributed by atoms with E-state index in [2.05, 4.69) is 32.5 Å². The number of benzene rings is 2. The topological polar surface area (TPSA) is 88.6 Å². The number of piperidine rings is 1. The van der Waals surface area contributed by atoms with Crippen LogP contribution in [-0.4, -0.2) is 53.9 Å². The third kappa shape index (κ3) is 6.15. The number of methoxy groups -OCH3 is 1. The Morgan fingerprint density at radius 2 is 1.90 bits per heavy atom. The number of aryl methyl sites for hydroxylation is 1. The standard InChI is InChI=1S/C28H30F3N5O3/c1-36-12-10-19(11-13-36)32-15-17-6-8-21(24(14-17)38-2)34-27-33-16-20(28(29,30)31)26(35-27)39-23-5-3-4-18-7-9-22(37)25(18)23/h3-6,8,14,16,19,32H,7,9-13,15H2,1-2H3,(H,33,34,35). The lowest BCUT2D eigenvalue weighted by Gasteiger charge is -2.29. The molecule has 2 heterocycles. The number of hydrogen-bond acceptors (Lipinski definition) is 8. The lowest BCUT2D eigenvalue weighted by molar-refractivity contribution is -0.139. The van der Waals surface area contributed by atoms with Crippen LogP contribution in [0, 0.1) is 0 Å². The highest BCUT2D eigenvalue weighted by Gasteiger charge is 2.37. The number of nitrogens with one attached hydrogen (secondary N) is 2. The summed E-state index contributed by atoms with van der Waals surface area (Å²) in [5, 5.41) is 6.52. The van der Waals surface area contributed by atoms with E-state index in [1.807, 2.05) is 12.1 Å². The number of likely N-dealkylation sites (tertiary alicyclic amines) is 1. The van der Waals surface area contributed by atoms with Crippen molar-refractivity contribution in [1.82, 2.24) is 20.2 Å². The third-order valence-electron chi connectivity index (χ3n) is 7.10. The van der Waals surface area contributed by atoms with Crippen LogP contribution < -0.4 is 20.1 Å². The summed E-state index contributed by atoms with van der Waals surface area (Å²) in [5.41, 5.74) is 1.40. The molecule has 1 aromatic heterocycles. The summed E-state index contributed by atoms with van der Waals surface area (Å²) in [5.74, 6) is -0.422. The molecule has 3 aromatic rings. The minimum Gasteiger partial charge on any atom is -0.495 e. The Kier molecular flexibility index (Phi) is 7.72. The number of hydrogen-bond donors (Lipinski definition) is 2. The summed E-state index contributed by atoms with van der Waals surface area (Å²) in [6.45, 7) is 2.79. The second-order valence-corrected chi connectivity index (χ2v) is 9.84. The van der Waals surface area contributed by atoms with Crippen LogP contribution in [0.15, 0.2) is 42.6 Å². The van der Waals surface area contributed by atoms with Gasteiger partial charge in [-0.15, -0.1) is 0 Å². The average Bonchev–Trinajstić information content (AvgIpc) is 3.30. The van der Waals surface area contributed by atoms with Crippen LogP contribution in [0.2, 0.25) is 0 Å². The van der Waals surface area contributed by atoms with E-state index >= 15 is 0 Å². The number of ether oxygens (including phenoxy) is 2. The molecule has 0 amide bonds. The lowest BCUT2D eigenvalue weighted by atomic mass is 10.0. The highest BCUT2D eigenvalue weighted by atomic mass is 19.4. The van der Waals surface area contributed by atoms with Gasteiger partial charge in [0.1, 0.15) is 17.1 Å². The second-order valence-electron chi connectivity index (χ2n) is 9.84. The number of carbonyl (C=O) groups is 1. The fourth-order valence-corrected chi connectivity index (χ4v) is 4.91. The van der Waals surface area contributed by atoms with Crippen molar-refractivity contribution in [2.24, 2.45) is 0 Å². The average molecular weight is 542 g/mol. The van der Waals surface area contributed by atoms with Crippen LogP contribution >= 0.6 is 0 Å². The predicted octanol–water partition coefficient (Wildman–Crippen LogP) is 5.35. The van der Waals surface area contributed by atoms with E-state index in [-0.39, 0.29) is 17.5 Å². The number of nitrogens with zero attached hydrogens (tertiary/aromatic N) is 3. The van der Waals surface area contributed by atoms with Gasteiger partial charge in [0.25, 0.3) is 0 Å². The van der Waals surface area contributed by atoms with Crippen molar-refractivity contribution in [3.05, 3.63) is 64.8 Å². The molecule has 206 valence electrons. The van der Waals surface area contributed by atoms with E-state index in [1.54, 1.807) is 18.2 Å². The maximum Gasteiger partial charge on any atom is 0.423 e. The Balaban J connectivity index is 1.36. The van der Waals surface area contributed by atoms with Gasteiger partial charge >= 0.3 is 6.18 Å². The highest BCUT2D eigenvalue weighted by Crippen LogP contribution is 2.40. The van der Waals surface area contributed by atoms with Crippen LogP contribution in [0.1, 0.15) is 46.3 Å². The molecule has 1 saturated heterocycles. The van der Waals surface area contributed by atoms with Crippen molar-refractivity contribution >= 4 is 17.4 Å². The van der Waals surface area contributed by atoms with Gasteiger partial charge < -0.3 is 25.0 Å². The number of fused-ring (bicyclic) bond motifs is 1. The molecule has 1 aliphatic carbocycles. The first kappa shape index (κ1) is 26.9. The van der Waals surface area contributed by atoms with Crippen LogP contribution in [0.25, 0.3) is 0 Å². The van der Waals surface area contributed by atoms with Crippen molar-refractivity contribution in [3.63, 3.8) is 0 Å². The first-order valence-electron chi connectivity index (χ1n) is 12.8. The van der Waals surface area contributed by atoms with E-state index in [1.165, 1.54) is 13.2 Å². The first-order chi connectivity index (χ1) is 18.7. The summed E-state index contributed by atoms with van der Waals surface area (Å²) in [6, 6.07) is 10.9. The van der Waals surface area contributed by atoms with Gasteiger partial charge in [0.15, 0.2) is 5.78 Å². The zero-order valence-electron chi connectivity index (χ0n) is 21.8. The largest absolute Gasteiger partial charge is 0.495 e. The van der Waals surface area contributed by atoms with Gasteiger partial charge in [-0.05, 0) is 68.7 Å². The van der Waals surface area contributed by atoms with E-state index in [0.29, 0.717) is 48.6 Å². The molecule has 1 fully saturated rings. The number of Topliss-reactive ketones (excluding diaryl/α,β-unsaturated/α-hetero) is 1. The fourth-order valence-electron chi connectivity index (χ4n) is 4.91. The molecule has 0 saturated carbocycles. The van der Waals surface area contributed by atoms with Crippen molar-refractivity contribution in [3.8, 4) is 17.4 Å². The second kappa shape index (κ2) is 11.2. The van der Waals surface area contributed by atoms with Gasteiger partial charge in [-0.1, -0.05) is 18.2 Å². The van der Waals surface area contributed by atoms with E-state index in [4.69, 9.17) is 9.47 Å². The molecule has 1 aliphatic heterocycles. The van der Waals surface area contributed by atoms with Gasteiger partial charge in [0, 0.05) is 25.2 Å². The Hall–Kier alpha value is -3.70. The van der Waals surface area contributed by atoms with Gasteiger partial charge in [-0.2, -0.15) is 18.2 Å². The molecule has 0 atom stereocenters. The van der Waals surface area contributed by atoms with Crippen molar-refractivity contribution < 1.29 is 27.4 Å². The Morgan fingerprint density at radius 1 is 1.10 bits per heavy atom. The van der Waals surface area contributed by atoms with Gasteiger partial charge in [-0.3, -0.25) is 4.79 Å². The van der Waals surface area contributed by atoms with E-state index in [0.717, 1.165) is 37.1 Å². The fraction of sp³-hybridized carbons (Fsp3) is 0.393. The van der Waals surface area contributed by atoms with Crippen LogP contribution in [0.5, 0.6) is 17.4 Å². The zero-order chi connectivity index (χ0) is 27.6. The van der Waals surface area contributed by atoms with Crippen molar-refractivity contribution in [2.45, 2.75) is 44.4 Å². The van der Waals surface area contributed by atoms with Gasteiger partial charge in [0.2, 0.25) is 11.8 Å². The molecule has 2 N–H and O–H groups in total. The minimum absolute atomic E-state index is 0.0456. The maximum atomic E-state index is 13.8. The van der Waals surface area contributed by atoms with Crippen molar-refractivity contribution in [2.75, 3.05) is 32.6 Å². The SMILES string of the molecule is COc1cc(CNC2CCN(C)CC2)ccc1Nc1ncc(C(F)(F)F)c(Oc2cccc3c2C(=O)CC3)n1. The predicted molar refractivity (Wildman–Crippen MR) is 140 cm³/mol. The van der Waals surface area contributed by atoms with Crippen LogP contribution in [0.3, 0.4) is 0 Å². The van der Waals surface area contributed by atoms with Crippen LogP contribution in [-0.2, 0) is 19.1 Å². The summed E-state index contributed by atoms with van der Waals surface area (Å²) in [4.78, 5) is 22.6. The van der Waals surface area contributed by atoms with Gasteiger partial charge in [0.05, 0.1) is 18.4 Å². The molecule has 11 heteroatoms. The number of halogens is 3. The Morgan fingerprint density at radius 3 is 2.64 bits per heavy atom. The number of rotatable bonds is 8. The zero-order valence-corrected chi connectivity index (χ0v) is 21.8. The van der Waals surface area contributed by atoms with Gasteiger partial charge in [-0.25, -0.2) is 4.98 Å². The molecule has 39 heavy (non-hydrogen) atoms. The smallest absolute Gasteiger partial charge is 0.423 e. The minimum atomic E-state index is -4.75. The summed E-state index contributed by atoms with van der Waals surface area (Å²) in [6.07, 6.45) is -1.09. The molecule has 0 spiro atoms. The molecule has 2 aliphatic rings. The van der Waals surface area contributed by atoms with Crippen molar-refractivity contribution in [1.29, 1.82) is 0 Å². The molecular formula is C28H30F3N5O3. The molecule has 0 unspecified atom stereocenters. The lowest BCUT2D eigenvalue weighted by Crippen LogP contribution is -2.40. The number of alkyl halides is 3. The Bertz CT molecular complexity index is 1360. The summed E-state index contributed by atoms with van der Waals surface area (Å²) >= 11 is 0. The monoisotopic (exact) mass is 541 g/mol. The van der Waals surface area contributed by atoms with E-state index in [9.17, 15) is 18.0 Å². The normalized spacial score (nSPS) is 16.3. The first-order valence-corrected chi connectivity index (χ1v) is 12.8. The van der Waals surface area contributed by atoms with Crippen LogP contribution in [0.4, 0.5) is 24.8 Å². The third-order valence-corrected chi connectivity index (χ3v) is 7.10. The Labute approximate surface area is 224 Å². The quantitative estimate of drug-likeness (QED) is 0.395. The summed E-state index contributed by atoms with van der Waals surface area (Å²) < 4.78 is 52.5. The number of anilines is 2. The highest BCUT2D eigenvalue weighted by molar-refractivity contribution is 6.03. The number of aromatic nitrogens is 2. The molecular weight excluding hydrogens is 511 g/mol. The molecule has 2 aromatic carbocycles. The molecule has 5 rings (SSSR count). The summed E-state index contributed by atoms with van der Waals surface area (Å²) in [7, 11) is 3.64. The molecule has 8 nitrogen and oxygen atoms in total. The molecule has 0 radical (unpaired) electrons. The van der Waals surface area contributed by atoms with E-state index < -0.39 is 17.6 Å². The number of ketones is 1. The maximum absolute atomic E-state index is 13.8. The number of carbonyl (C=O) groups excluding carboxylic acids is 1.